The summed E-state index contributed by atoms with van der Waals surface area (Å²) in [6.07, 6.45) is 1.65. The number of morpholine rings is 1. The molecule has 14 heavy (non-hydrogen) atoms. The van der Waals surface area contributed by atoms with Crippen molar-refractivity contribution in [1.29, 1.82) is 0 Å². The molecule has 6 heteroatoms. The molecule has 1 atom stereocenters. The smallest absolute Gasteiger partial charge is 0.393 e. The fourth-order valence-electron chi connectivity index (χ4n) is 1.46. The largest absolute Gasteiger partial charge is 0.434 e. The molecule has 1 saturated heterocycles. The minimum atomic E-state index is -0.498. The molecule has 1 aromatic heterocycles. The topological polar surface area (TPSA) is 80.2 Å². The lowest BCUT2D eigenvalue weighted by Gasteiger charge is -2.22. The van der Waals surface area contributed by atoms with Crippen molar-refractivity contribution in [2.24, 2.45) is 0 Å². The zero-order chi connectivity index (χ0) is 9.80. The summed E-state index contributed by atoms with van der Waals surface area (Å²) >= 11 is 0. The maximum absolute atomic E-state index is 10.6. The highest BCUT2D eigenvalue weighted by Gasteiger charge is 2.14. The second kappa shape index (κ2) is 4.39. The van der Waals surface area contributed by atoms with Crippen LogP contribution in [0.2, 0.25) is 0 Å². The number of H-pyrrole nitrogens is 1. The Morgan fingerprint density at radius 3 is 3.14 bits per heavy atom. The van der Waals surface area contributed by atoms with Gasteiger partial charge in [-0.1, -0.05) is 0 Å². The maximum Gasteiger partial charge on any atom is 0.434 e. The third-order valence-corrected chi connectivity index (χ3v) is 2.17. The van der Waals surface area contributed by atoms with E-state index in [4.69, 9.17) is 9.15 Å². The molecular weight excluding hydrogens is 186 g/mol. The van der Waals surface area contributed by atoms with Crippen LogP contribution in [0.5, 0.6) is 0 Å². The van der Waals surface area contributed by atoms with Crippen LogP contribution in [0.1, 0.15) is 12.3 Å². The summed E-state index contributed by atoms with van der Waals surface area (Å²) < 4.78 is 10.3. The predicted molar refractivity (Wildman–Crippen MR) is 48.1 cm³/mol. The molecular formula is C8H13N3O3. The van der Waals surface area contributed by atoms with Crippen LogP contribution in [0.4, 0.5) is 0 Å². The molecule has 1 fully saturated rings. The SMILES string of the molecule is O=c1[nH]nc(CC[C@@H]2CNCCO2)o1. The van der Waals surface area contributed by atoms with Crippen molar-refractivity contribution in [3.05, 3.63) is 16.4 Å². The van der Waals surface area contributed by atoms with Gasteiger partial charge in [-0.25, -0.2) is 9.89 Å². The van der Waals surface area contributed by atoms with Crippen molar-refractivity contribution in [1.82, 2.24) is 15.5 Å². The number of hydrogen-bond acceptors (Lipinski definition) is 5. The zero-order valence-corrected chi connectivity index (χ0v) is 7.78. The number of ether oxygens (including phenoxy) is 1. The van der Waals surface area contributed by atoms with E-state index in [0.717, 1.165) is 26.1 Å². The molecule has 1 aliphatic heterocycles. The molecule has 1 aromatic rings. The van der Waals surface area contributed by atoms with Gasteiger partial charge in [0, 0.05) is 19.5 Å². The Balaban J connectivity index is 1.78. The lowest BCUT2D eigenvalue weighted by atomic mass is 10.2. The van der Waals surface area contributed by atoms with Crippen LogP contribution < -0.4 is 11.1 Å². The first-order chi connectivity index (χ1) is 6.84. The fraction of sp³-hybridized carbons (Fsp3) is 0.750. The lowest BCUT2D eigenvalue weighted by Crippen LogP contribution is -2.38. The van der Waals surface area contributed by atoms with E-state index in [-0.39, 0.29) is 6.10 Å². The van der Waals surface area contributed by atoms with Crippen LogP contribution >= 0.6 is 0 Å². The Labute approximate surface area is 80.6 Å². The van der Waals surface area contributed by atoms with E-state index in [0.29, 0.717) is 12.3 Å². The molecule has 0 radical (unpaired) electrons. The molecule has 6 nitrogen and oxygen atoms in total. The number of aromatic nitrogens is 2. The van der Waals surface area contributed by atoms with Crippen molar-refractivity contribution in [2.75, 3.05) is 19.7 Å². The van der Waals surface area contributed by atoms with Gasteiger partial charge in [-0.2, -0.15) is 0 Å². The zero-order valence-electron chi connectivity index (χ0n) is 7.78. The van der Waals surface area contributed by atoms with Crippen molar-refractivity contribution in [2.45, 2.75) is 18.9 Å². The molecule has 0 aromatic carbocycles. The monoisotopic (exact) mass is 199 g/mol. The first kappa shape index (κ1) is 9.42. The van der Waals surface area contributed by atoms with Gasteiger partial charge in [0.25, 0.3) is 0 Å². The van der Waals surface area contributed by atoms with Gasteiger partial charge >= 0.3 is 5.76 Å². The van der Waals surface area contributed by atoms with Crippen LogP contribution in [0.3, 0.4) is 0 Å². The average molecular weight is 199 g/mol. The molecule has 0 amide bonds. The second-order valence-corrected chi connectivity index (χ2v) is 3.24. The van der Waals surface area contributed by atoms with Gasteiger partial charge in [0.15, 0.2) is 0 Å². The van der Waals surface area contributed by atoms with Crippen LogP contribution in [0.15, 0.2) is 9.21 Å². The molecule has 78 valence electrons. The molecule has 0 spiro atoms. The van der Waals surface area contributed by atoms with Gasteiger partial charge in [-0.3, -0.25) is 0 Å². The molecule has 0 unspecified atom stereocenters. The van der Waals surface area contributed by atoms with Gasteiger partial charge in [-0.15, -0.1) is 5.10 Å². The molecule has 0 aliphatic carbocycles. The number of nitrogens with one attached hydrogen (secondary N) is 2. The number of aromatic amines is 1. The Hall–Kier alpha value is -1.14. The highest BCUT2D eigenvalue weighted by atomic mass is 16.5. The number of aryl methyl sites for hydroxylation is 1. The molecule has 2 rings (SSSR count). The molecule has 2 N–H and O–H groups in total. The van der Waals surface area contributed by atoms with Gasteiger partial charge in [0.1, 0.15) is 0 Å². The van der Waals surface area contributed by atoms with Crippen molar-refractivity contribution in [3.8, 4) is 0 Å². The van der Waals surface area contributed by atoms with E-state index in [1.54, 1.807) is 0 Å². The molecule has 1 aliphatic rings. The summed E-state index contributed by atoms with van der Waals surface area (Å²) in [5, 5.41) is 9.18. The van der Waals surface area contributed by atoms with Crippen LogP contribution in [0, 0.1) is 0 Å². The highest BCUT2D eigenvalue weighted by molar-refractivity contribution is 4.77. The van der Waals surface area contributed by atoms with Crippen molar-refractivity contribution < 1.29 is 9.15 Å². The van der Waals surface area contributed by atoms with Crippen molar-refractivity contribution >= 4 is 0 Å². The third kappa shape index (κ3) is 2.43. The third-order valence-electron chi connectivity index (χ3n) is 2.17. The van der Waals surface area contributed by atoms with E-state index < -0.39 is 5.76 Å². The van der Waals surface area contributed by atoms with E-state index in [1.165, 1.54) is 0 Å². The number of nitrogens with zero attached hydrogens (tertiary/aromatic N) is 1. The minimum absolute atomic E-state index is 0.200. The first-order valence-electron chi connectivity index (χ1n) is 4.71. The summed E-state index contributed by atoms with van der Waals surface area (Å²) in [5.41, 5.74) is 0. The summed E-state index contributed by atoms with van der Waals surface area (Å²) in [4.78, 5) is 10.6. The van der Waals surface area contributed by atoms with E-state index in [9.17, 15) is 4.79 Å². The minimum Gasteiger partial charge on any atom is -0.393 e. The molecule has 0 saturated carbocycles. The lowest BCUT2D eigenvalue weighted by molar-refractivity contribution is 0.0228. The summed E-state index contributed by atoms with van der Waals surface area (Å²) in [6, 6.07) is 0. The standard InChI is InChI=1S/C8H13N3O3/c12-8-11-10-7(14-8)2-1-6-5-9-3-4-13-6/h6,9H,1-5H2,(H,11,12)/t6-/m1/s1. The Morgan fingerprint density at radius 1 is 1.57 bits per heavy atom. The maximum atomic E-state index is 10.6. The Bertz CT molecular complexity index is 327. The van der Waals surface area contributed by atoms with Crippen LogP contribution in [0.25, 0.3) is 0 Å². The Kier molecular flexibility index (Phi) is 2.95. The first-order valence-corrected chi connectivity index (χ1v) is 4.71. The normalized spacial score (nSPS) is 22.4. The van der Waals surface area contributed by atoms with E-state index in [1.807, 2.05) is 0 Å². The summed E-state index contributed by atoms with van der Waals surface area (Å²) in [6.45, 7) is 2.51. The van der Waals surface area contributed by atoms with Gasteiger partial charge in [0.05, 0.1) is 12.7 Å². The fourth-order valence-corrected chi connectivity index (χ4v) is 1.46. The van der Waals surface area contributed by atoms with Crippen LogP contribution in [-0.2, 0) is 11.2 Å². The highest BCUT2D eigenvalue weighted by Crippen LogP contribution is 2.05. The summed E-state index contributed by atoms with van der Waals surface area (Å²) in [7, 11) is 0. The number of hydrogen-bond donors (Lipinski definition) is 2. The van der Waals surface area contributed by atoms with E-state index >= 15 is 0 Å². The van der Waals surface area contributed by atoms with Crippen LogP contribution in [-0.4, -0.2) is 36.0 Å². The van der Waals surface area contributed by atoms with Gasteiger partial charge in [-0.05, 0) is 6.42 Å². The van der Waals surface area contributed by atoms with Crippen molar-refractivity contribution in [3.63, 3.8) is 0 Å². The summed E-state index contributed by atoms with van der Waals surface area (Å²) in [5.74, 6) is -0.0492. The van der Waals surface area contributed by atoms with E-state index in [2.05, 4.69) is 15.5 Å². The van der Waals surface area contributed by atoms with Gasteiger partial charge < -0.3 is 14.5 Å². The predicted octanol–water partition coefficient (Wildman–Crippen LogP) is -0.716. The molecule has 0 bridgehead atoms. The average Bonchev–Trinajstić information content (AvgIpc) is 2.63. The molecule has 2 heterocycles. The number of rotatable bonds is 3. The quantitative estimate of drug-likeness (QED) is 0.671. The second-order valence-electron chi connectivity index (χ2n) is 3.24. The van der Waals surface area contributed by atoms with Gasteiger partial charge in [0.2, 0.25) is 5.89 Å². The Morgan fingerprint density at radius 2 is 2.50 bits per heavy atom.